The van der Waals surface area contributed by atoms with Gasteiger partial charge in [0.2, 0.25) is 0 Å². The Morgan fingerprint density at radius 2 is 1.56 bits per heavy atom. The fraction of sp³-hybridized carbons (Fsp3) is 1.00. The minimum atomic E-state index is 0.506. The number of nitrogens with zero attached hydrogens (tertiary/aromatic N) is 1. The fourth-order valence-electron chi connectivity index (χ4n) is 3.13. The lowest BCUT2D eigenvalue weighted by Gasteiger charge is -2.37. The summed E-state index contributed by atoms with van der Waals surface area (Å²) in [6, 6.07) is 0.777. The summed E-state index contributed by atoms with van der Waals surface area (Å²) in [7, 11) is 0. The Balaban J connectivity index is 2.16. The molecule has 0 atom stereocenters. The molecule has 0 aromatic rings. The van der Waals surface area contributed by atoms with E-state index in [1.807, 2.05) is 0 Å². The first-order valence-corrected chi connectivity index (χ1v) is 7.93. The van der Waals surface area contributed by atoms with Gasteiger partial charge in [-0.15, -0.1) is 0 Å². The van der Waals surface area contributed by atoms with Crippen molar-refractivity contribution >= 4 is 0 Å². The molecular weight excluding hydrogens is 220 g/mol. The van der Waals surface area contributed by atoms with Crippen LogP contribution in [-0.4, -0.2) is 37.1 Å². The Kier molecular flexibility index (Phi) is 6.65. The average molecular weight is 254 g/mol. The third kappa shape index (κ3) is 5.27. The monoisotopic (exact) mass is 254 g/mol. The van der Waals surface area contributed by atoms with E-state index >= 15 is 0 Å². The van der Waals surface area contributed by atoms with Crippen molar-refractivity contribution in [3.63, 3.8) is 0 Å². The Hall–Kier alpha value is -0.0800. The summed E-state index contributed by atoms with van der Waals surface area (Å²) in [5.74, 6) is 0.929. The molecule has 1 aliphatic rings. The summed E-state index contributed by atoms with van der Waals surface area (Å²) in [5.41, 5.74) is 0.506. The predicted octanol–water partition coefficient (Wildman–Crippen LogP) is 3.52. The molecule has 0 spiro atoms. The van der Waals surface area contributed by atoms with Gasteiger partial charge in [-0.25, -0.2) is 0 Å². The minimum Gasteiger partial charge on any atom is -0.313 e. The maximum absolute atomic E-state index is 3.75. The lowest BCUT2D eigenvalue weighted by Crippen LogP contribution is -2.40. The molecule has 1 aliphatic carbocycles. The van der Waals surface area contributed by atoms with Crippen molar-refractivity contribution in [1.82, 2.24) is 10.2 Å². The molecule has 0 aromatic heterocycles. The van der Waals surface area contributed by atoms with Crippen molar-refractivity contribution in [1.29, 1.82) is 0 Å². The maximum Gasteiger partial charge on any atom is 0.0107 e. The van der Waals surface area contributed by atoms with E-state index in [9.17, 15) is 0 Å². The van der Waals surface area contributed by atoms with Gasteiger partial charge in [-0.3, -0.25) is 0 Å². The first kappa shape index (κ1) is 16.0. The normalized spacial score (nSPS) is 25.7. The second-order valence-corrected chi connectivity index (χ2v) is 6.90. The zero-order valence-corrected chi connectivity index (χ0v) is 13.3. The Bertz CT molecular complexity index is 208. The lowest BCUT2D eigenvalue weighted by molar-refractivity contribution is 0.158. The van der Waals surface area contributed by atoms with Crippen LogP contribution < -0.4 is 5.32 Å². The summed E-state index contributed by atoms with van der Waals surface area (Å²) in [4.78, 5) is 2.49. The molecule has 108 valence electrons. The van der Waals surface area contributed by atoms with Gasteiger partial charge in [-0.05, 0) is 50.1 Å². The van der Waals surface area contributed by atoms with Gasteiger partial charge in [0.05, 0.1) is 0 Å². The van der Waals surface area contributed by atoms with Crippen molar-refractivity contribution < 1.29 is 0 Å². The largest absolute Gasteiger partial charge is 0.313 e. The van der Waals surface area contributed by atoms with Crippen LogP contribution in [0.1, 0.15) is 60.3 Å². The summed E-state index contributed by atoms with van der Waals surface area (Å²) >= 11 is 0. The standard InChI is InChI=1S/C16H34N2/c1-6-18(7-2)13-12-17-15-10-8-14(9-11-15)16(3,4)5/h14-15,17H,6-13H2,1-5H3. The van der Waals surface area contributed by atoms with Gasteiger partial charge < -0.3 is 10.2 Å². The quantitative estimate of drug-likeness (QED) is 0.780. The van der Waals surface area contributed by atoms with Gasteiger partial charge in [0.25, 0.3) is 0 Å². The SMILES string of the molecule is CCN(CC)CCNC1CCC(C(C)(C)C)CC1. The second-order valence-electron chi connectivity index (χ2n) is 6.90. The van der Waals surface area contributed by atoms with Gasteiger partial charge in [0.15, 0.2) is 0 Å². The highest BCUT2D eigenvalue weighted by atomic mass is 15.1. The van der Waals surface area contributed by atoms with Crippen molar-refractivity contribution in [2.24, 2.45) is 11.3 Å². The Morgan fingerprint density at radius 3 is 2.00 bits per heavy atom. The summed E-state index contributed by atoms with van der Waals surface area (Å²) in [5, 5.41) is 3.75. The lowest BCUT2D eigenvalue weighted by atomic mass is 9.71. The van der Waals surface area contributed by atoms with Crippen molar-refractivity contribution in [3.05, 3.63) is 0 Å². The van der Waals surface area contributed by atoms with Crippen LogP contribution in [0.5, 0.6) is 0 Å². The van der Waals surface area contributed by atoms with E-state index in [4.69, 9.17) is 0 Å². The topological polar surface area (TPSA) is 15.3 Å². The molecule has 0 saturated heterocycles. The van der Waals surface area contributed by atoms with Crippen LogP contribution in [0.4, 0.5) is 0 Å². The number of likely N-dealkylation sites (N-methyl/N-ethyl adjacent to an activating group) is 1. The summed E-state index contributed by atoms with van der Waals surface area (Å²) in [6.07, 6.45) is 5.57. The zero-order chi connectivity index (χ0) is 13.6. The first-order valence-electron chi connectivity index (χ1n) is 7.93. The molecule has 0 bridgehead atoms. The molecule has 2 nitrogen and oxygen atoms in total. The number of nitrogens with one attached hydrogen (secondary N) is 1. The van der Waals surface area contributed by atoms with Crippen LogP contribution >= 0.6 is 0 Å². The molecule has 0 aromatic carbocycles. The molecule has 18 heavy (non-hydrogen) atoms. The first-order chi connectivity index (χ1) is 8.47. The van der Waals surface area contributed by atoms with Gasteiger partial charge in [-0.1, -0.05) is 34.6 Å². The molecule has 0 amide bonds. The molecule has 0 unspecified atom stereocenters. The average Bonchev–Trinajstić information content (AvgIpc) is 2.34. The molecule has 1 rings (SSSR count). The van der Waals surface area contributed by atoms with E-state index in [0.717, 1.165) is 18.5 Å². The van der Waals surface area contributed by atoms with Crippen LogP contribution in [0.2, 0.25) is 0 Å². The van der Waals surface area contributed by atoms with Gasteiger partial charge in [-0.2, -0.15) is 0 Å². The Morgan fingerprint density at radius 1 is 1.00 bits per heavy atom. The van der Waals surface area contributed by atoms with E-state index in [1.54, 1.807) is 0 Å². The number of hydrogen-bond donors (Lipinski definition) is 1. The Labute approximate surface area is 115 Å². The molecule has 1 saturated carbocycles. The molecule has 0 aliphatic heterocycles. The van der Waals surface area contributed by atoms with E-state index < -0.39 is 0 Å². The van der Waals surface area contributed by atoms with E-state index in [0.29, 0.717) is 5.41 Å². The van der Waals surface area contributed by atoms with Crippen LogP contribution in [0.25, 0.3) is 0 Å². The summed E-state index contributed by atoms with van der Waals surface area (Å²) in [6.45, 7) is 16.4. The van der Waals surface area contributed by atoms with Crippen molar-refractivity contribution in [3.8, 4) is 0 Å². The zero-order valence-electron chi connectivity index (χ0n) is 13.3. The summed E-state index contributed by atoms with van der Waals surface area (Å²) < 4.78 is 0. The molecule has 1 N–H and O–H groups in total. The van der Waals surface area contributed by atoms with Crippen LogP contribution in [0.15, 0.2) is 0 Å². The molecule has 0 heterocycles. The fourth-order valence-corrected chi connectivity index (χ4v) is 3.13. The number of rotatable bonds is 6. The van der Waals surface area contributed by atoms with Gasteiger partial charge >= 0.3 is 0 Å². The van der Waals surface area contributed by atoms with Crippen LogP contribution in [0.3, 0.4) is 0 Å². The van der Waals surface area contributed by atoms with Crippen molar-refractivity contribution in [2.45, 2.75) is 66.3 Å². The highest BCUT2D eigenvalue weighted by Crippen LogP contribution is 2.37. The maximum atomic E-state index is 3.75. The van der Waals surface area contributed by atoms with Gasteiger partial charge in [0.1, 0.15) is 0 Å². The number of hydrogen-bond acceptors (Lipinski definition) is 2. The molecule has 2 heteroatoms. The predicted molar refractivity (Wildman–Crippen MR) is 81.0 cm³/mol. The third-order valence-corrected chi connectivity index (χ3v) is 4.71. The smallest absolute Gasteiger partial charge is 0.0107 e. The van der Waals surface area contributed by atoms with Crippen molar-refractivity contribution in [2.75, 3.05) is 26.2 Å². The second kappa shape index (κ2) is 7.49. The molecule has 1 fully saturated rings. The van der Waals surface area contributed by atoms with Gasteiger partial charge in [0, 0.05) is 19.1 Å². The highest BCUT2D eigenvalue weighted by Gasteiger charge is 2.29. The van der Waals surface area contributed by atoms with E-state index in [2.05, 4.69) is 44.8 Å². The molecular formula is C16H34N2. The van der Waals surface area contributed by atoms with E-state index in [1.165, 1.54) is 45.3 Å². The van der Waals surface area contributed by atoms with Crippen LogP contribution in [-0.2, 0) is 0 Å². The third-order valence-electron chi connectivity index (χ3n) is 4.71. The minimum absolute atomic E-state index is 0.506. The van der Waals surface area contributed by atoms with E-state index in [-0.39, 0.29) is 0 Å². The van der Waals surface area contributed by atoms with Crippen LogP contribution in [0, 0.1) is 11.3 Å². The molecule has 0 radical (unpaired) electrons. The highest BCUT2D eigenvalue weighted by molar-refractivity contribution is 4.83.